The van der Waals surface area contributed by atoms with E-state index < -0.39 is 15.4 Å². The fourth-order valence-electron chi connectivity index (χ4n) is 3.00. The SMILES string of the molecule is COc1ccc(CS(=O)(=O)CC2CCN(C(=O)OC(C)(C)C)CC2)cc1. The third-order valence-electron chi connectivity index (χ3n) is 4.30. The molecule has 6 nitrogen and oxygen atoms in total. The van der Waals surface area contributed by atoms with Crippen LogP contribution in [-0.2, 0) is 20.3 Å². The molecule has 2 rings (SSSR count). The van der Waals surface area contributed by atoms with Gasteiger partial charge in [-0.1, -0.05) is 12.1 Å². The first kappa shape index (κ1) is 20.6. The van der Waals surface area contributed by atoms with E-state index in [0.717, 1.165) is 5.56 Å². The van der Waals surface area contributed by atoms with Crippen molar-refractivity contribution in [3.8, 4) is 5.75 Å². The van der Waals surface area contributed by atoms with E-state index in [1.54, 1.807) is 36.3 Å². The van der Waals surface area contributed by atoms with Crippen LogP contribution in [0.1, 0.15) is 39.2 Å². The minimum atomic E-state index is -3.20. The molecule has 0 aromatic heterocycles. The van der Waals surface area contributed by atoms with E-state index in [9.17, 15) is 13.2 Å². The number of piperidine rings is 1. The van der Waals surface area contributed by atoms with Crippen LogP contribution in [0.2, 0.25) is 0 Å². The molecule has 1 aliphatic rings. The number of sulfone groups is 1. The van der Waals surface area contributed by atoms with Gasteiger partial charge in [-0.2, -0.15) is 0 Å². The second-order valence-electron chi connectivity index (χ2n) is 7.81. The number of benzene rings is 1. The smallest absolute Gasteiger partial charge is 0.410 e. The van der Waals surface area contributed by atoms with E-state index >= 15 is 0 Å². The average molecular weight is 384 g/mol. The highest BCUT2D eigenvalue weighted by Gasteiger charge is 2.29. The summed E-state index contributed by atoms with van der Waals surface area (Å²) in [6.45, 7) is 6.59. The summed E-state index contributed by atoms with van der Waals surface area (Å²) in [7, 11) is -1.62. The molecule has 0 bridgehead atoms. The molecule has 0 saturated carbocycles. The van der Waals surface area contributed by atoms with Gasteiger partial charge in [-0.05, 0) is 57.2 Å². The highest BCUT2D eigenvalue weighted by molar-refractivity contribution is 7.90. The molecule has 0 spiro atoms. The Morgan fingerprint density at radius 3 is 2.23 bits per heavy atom. The molecule has 7 heteroatoms. The van der Waals surface area contributed by atoms with Crippen molar-refractivity contribution in [3.05, 3.63) is 29.8 Å². The Kier molecular flexibility index (Phi) is 6.55. The number of carbonyl (C=O) groups excluding carboxylic acids is 1. The molecule has 1 saturated heterocycles. The fraction of sp³-hybridized carbons (Fsp3) is 0.632. The number of ether oxygens (including phenoxy) is 2. The monoisotopic (exact) mass is 383 g/mol. The summed E-state index contributed by atoms with van der Waals surface area (Å²) < 4.78 is 35.4. The summed E-state index contributed by atoms with van der Waals surface area (Å²) in [6, 6.07) is 7.09. The lowest BCUT2D eigenvalue weighted by Gasteiger charge is -2.33. The van der Waals surface area contributed by atoms with Crippen molar-refractivity contribution < 1.29 is 22.7 Å². The zero-order valence-electron chi connectivity index (χ0n) is 16.0. The van der Waals surface area contributed by atoms with Gasteiger partial charge in [0.2, 0.25) is 0 Å². The standard InChI is InChI=1S/C19H29NO5S/c1-19(2,3)25-18(21)20-11-9-16(10-12-20)14-26(22,23)13-15-5-7-17(24-4)8-6-15/h5-8,16H,9-14H2,1-4H3. The van der Waals surface area contributed by atoms with Gasteiger partial charge in [0.25, 0.3) is 0 Å². The van der Waals surface area contributed by atoms with E-state index in [4.69, 9.17) is 9.47 Å². The van der Waals surface area contributed by atoms with Gasteiger partial charge in [-0.3, -0.25) is 0 Å². The summed E-state index contributed by atoms with van der Waals surface area (Å²) in [5.74, 6) is 0.974. The molecule has 1 fully saturated rings. The quantitative estimate of drug-likeness (QED) is 0.780. The first-order valence-corrected chi connectivity index (χ1v) is 10.7. The molecule has 1 heterocycles. The molecule has 146 valence electrons. The summed E-state index contributed by atoms with van der Waals surface area (Å²) in [5, 5.41) is 0. The number of rotatable bonds is 5. The Morgan fingerprint density at radius 2 is 1.73 bits per heavy atom. The normalized spacial score (nSPS) is 16.4. The highest BCUT2D eigenvalue weighted by Crippen LogP contribution is 2.23. The van der Waals surface area contributed by atoms with Crippen molar-refractivity contribution in [2.24, 2.45) is 5.92 Å². The summed E-state index contributed by atoms with van der Waals surface area (Å²) in [5.41, 5.74) is 0.243. The van der Waals surface area contributed by atoms with Crippen molar-refractivity contribution >= 4 is 15.9 Å². The summed E-state index contributed by atoms with van der Waals surface area (Å²) in [6.07, 6.45) is 1.04. The molecule has 1 aromatic carbocycles. The second-order valence-corrected chi connectivity index (χ2v) is 9.92. The maximum absolute atomic E-state index is 12.5. The van der Waals surface area contributed by atoms with Crippen LogP contribution in [0.5, 0.6) is 5.75 Å². The van der Waals surface area contributed by atoms with Crippen molar-refractivity contribution in [2.45, 2.75) is 45.0 Å². The Bertz CT molecular complexity index is 698. The van der Waals surface area contributed by atoms with Gasteiger partial charge in [0.15, 0.2) is 9.84 Å². The first-order valence-electron chi connectivity index (χ1n) is 8.89. The topological polar surface area (TPSA) is 72.9 Å². The lowest BCUT2D eigenvalue weighted by atomic mass is 9.99. The van der Waals surface area contributed by atoms with Gasteiger partial charge in [0, 0.05) is 13.1 Å². The van der Waals surface area contributed by atoms with Crippen molar-refractivity contribution in [1.29, 1.82) is 0 Å². The average Bonchev–Trinajstić information content (AvgIpc) is 2.54. The van der Waals surface area contributed by atoms with Gasteiger partial charge >= 0.3 is 6.09 Å². The molecule has 1 amide bonds. The van der Waals surface area contributed by atoms with Crippen LogP contribution in [0, 0.1) is 5.92 Å². The van der Waals surface area contributed by atoms with E-state index in [0.29, 0.717) is 31.7 Å². The van der Waals surface area contributed by atoms with Crippen molar-refractivity contribution in [3.63, 3.8) is 0 Å². The molecular weight excluding hydrogens is 354 g/mol. The Morgan fingerprint density at radius 1 is 1.15 bits per heavy atom. The molecule has 0 atom stereocenters. The maximum atomic E-state index is 12.5. The lowest BCUT2D eigenvalue weighted by Crippen LogP contribution is -2.42. The second kappa shape index (κ2) is 8.29. The van der Waals surface area contributed by atoms with Gasteiger partial charge in [0.05, 0.1) is 18.6 Å². The van der Waals surface area contributed by atoms with Gasteiger partial charge < -0.3 is 14.4 Å². The summed E-state index contributed by atoms with van der Waals surface area (Å²) in [4.78, 5) is 13.7. The minimum Gasteiger partial charge on any atom is -0.497 e. The predicted molar refractivity (Wildman–Crippen MR) is 101 cm³/mol. The number of carbonyl (C=O) groups is 1. The first-order chi connectivity index (χ1) is 12.1. The zero-order chi connectivity index (χ0) is 19.4. The van der Waals surface area contributed by atoms with E-state index in [1.807, 2.05) is 20.8 Å². The van der Waals surface area contributed by atoms with Crippen LogP contribution in [0.3, 0.4) is 0 Å². The van der Waals surface area contributed by atoms with E-state index in [1.165, 1.54) is 0 Å². The molecule has 0 aliphatic carbocycles. The maximum Gasteiger partial charge on any atom is 0.410 e. The Labute approximate surface area is 156 Å². The zero-order valence-corrected chi connectivity index (χ0v) is 16.8. The molecule has 1 aliphatic heterocycles. The molecule has 1 aromatic rings. The van der Waals surface area contributed by atoms with Gasteiger partial charge in [-0.25, -0.2) is 13.2 Å². The number of nitrogens with zero attached hydrogens (tertiary/aromatic N) is 1. The Balaban J connectivity index is 1.84. The molecule has 0 unspecified atom stereocenters. The van der Waals surface area contributed by atoms with Crippen LogP contribution in [0.4, 0.5) is 4.79 Å². The third kappa shape index (κ3) is 6.52. The van der Waals surface area contributed by atoms with Gasteiger partial charge in [0.1, 0.15) is 11.4 Å². The fourth-order valence-corrected chi connectivity index (χ4v) is 4.87. The predicted octanol–water partition coefficient (Wildman–Crippen LogP) is 3.26. The number of likely N-dealkylation sites (tertiary alicyclic amines) is 1. The van der Waals surface area contributed by atoms with E-state index in [2.05, 4.69) is 0 Å². The van der Waals surface area contributed by atoms with Crippen molar-refractivity contribution in [2.75, 3.05) is 26.0 Å². The van der Waals surface area contributed by atoms with E-state index in [-0.39, 0.29) is 23.5 Å². The Hall–Kier alpha value is -1.76. The summed E-state index contributed by atoms with van der Waals surface area (Å²) >= 11 is 0. The molecule has 0 radical (unpaired) electrons. The number of amides is 1. The molecular formula is C19H29NO5S. The molecule has 0 N–H and O–H groups in total. The number of methoxy groups -OCH3 is 1. The van der Waals surface area contributed by atoms with Gasteiger partial charge in [-0.15, -0.1) is 0 Å². The molecule has 26 heavy (non-hydrogen) atoms. The van der Waals surface area contributed by atoms with Crippen LogP contribution >= 0.6 is 0 Å². The van der Waals surface area contributed by atoms with Crippen LogP contribution in [0.25, 0.3) is 0 Å². The van der Waals surface area contributed by atoms with Crippen LogP contribution in [-0.4, -0.2) is 51.0 Å². The highest BCUT2D eigenvalue weighted by atomic mass is 32.2. The number of hydrogen-bond acceptors (Lipinski definition) is 5. The van der Waals surface area contributed by atoms with Crippen molar-refractivity contribution in [1.82, 2.24) is 4.90 Å². The number of hydrogen-bond donors (Lipinski definition) is 0. The van der Waals surface area contributed by atoms with Crippen LogP contribution < -0.4 is 4.74 Å². The lowest BCUT2D eigenvalue weighted by molar-refractivity contribution is 0.0191. The minimum absolute atomic E-state index is 0.0310. The largest absolute Gasteiger partial charge is 0.497 e. The third-order valence-corrected chi connectivity index (χ3v) is 6.05. The van der Waals surface area contributed by atoms with Crippen LogP contribution in [0.15, 0.2) is 24.3 Å².